The van der Waals surface area contributed by atoms with Gasteiger partial charge < -0.3 is 10.6 Å². The van der Waals surface area contributed by atoms with E-state index >= 15 is 0 Å². The Morgan fingerprint density at radius 3 is 2.70 bits per heavy atom. The summed E-state index contributed by atoms with van der Waals surface area (Å²) in [6.45, 7) is 5.47. The lowest BCUT2D eigenvalue weighted by molar-refractivity contribution is -0.135. The van der Waals surface area contributed by atoms with Crippen molar-refractivity contribution in [1.29, 1.82) is 0 Å². The summed E-state index contributed by atoms with van der Waals surface area (Å²) in [4.78, 5) is 14.6. The number of nitrogens with zero attached hydrogens (tertiary/aromatic N) is 1. The Labute approximate surface area is 122 Å². The topological polar surface area (TPSA) is 46.3 Å². The highest BCUT2D eigenvalue weighted by atomic mass is 16.2. The first-order valence-electron chi connectivity index (χ1n) is 7.74. The van der Waals surface area contributed by atoms with Gasteiger partial charge in [-0.05, 0) is 24.8 Å². The van der Waals surface area contributed by atoms with Gasteiger partial charge in [0.25, 0.3) is 0 Å². The molecule has 1 saturated heterocycles. The maximum absolute atomic E-state index is 12.5. The van der Waals surface area contributed by atoms with Gasteiger partial charge in [-0.2, -0.15) is 0 Å². The molecule has 3 atom stereocenters. The zero-order chi connectivity index (χ0) is 14.5. The molecule has 20 heavy (non-hydrogen) atoms. The van der Waals surface area contributed by atoms with Crippen molar-refractivity contribution in [2.24, 2.45) is 11.7 Å². The fourth-order valence-corrected chi connectivity index (χ4v) is 3.30. The molecule has 1 amide bonds. The van der Waals surface area contributed by atoms with E-state index in [4.69, 9.17) is 5.73 Å². The highest BCUT2D eigenvalue weighted by molar-refractivity contribution is 5.79. The quantitative estimate of drug-likeness (QED) is 0.897. The van der Waals surface area contributed by atoms with Crippen LogP contribution in [-0.4, -0.2) is 29.9 Å². The predicted octanol–water partition coefficient (Wildman–Crippen LogP) is 2.77. The summed E-state index contributed by atoms with van der Waals surface area (Å²) >= 11 is 0. The van der Waals surface area contributed by atoms with Crippen LogP contribution in [0, 0.1) is 5.92 Å². The first-order chi connectivity index (χ1) is 9.69. The molecule has 1 aromatic carbocycles. The smallest absolute Gasteiger partial charge is 0.226 e. The summed E-state index contributed by atoms with van der Waals surface area (Å²) in [6, 6.07) is 10.9. The number of carbonyl (C=O) groups excluding carboxylic acids is 1. The third kappa shape index (κ3) is 3.04. The van der Waals surface area contributed by atoms with E-state index in [-0.39, 0.29) is 11.8 Å². The molecule has 3 heteroatoms. The van der Waals surface area contributed by atoms with Crippen LogP contribution in [0.5, 0.6) is 0 Å². The van der Waals surface area contributed by atoms with Crippen LogP contribution in [-0.2, 0) is 4.79 Å². The Bertz CT molecular complexity index is 432. The Hall–Kier alpha value is -1.35. The normalized spacial score (nSPS) is 21.8. The molecule has 3 nitrogen and oxygen atoms in total. The molecule has 0 aliphatic carbocycles. The number of nitrogens with two attached hydrogens (primary N) is 1. The number of benzene rings is 1. The standard InChI is InChI=1S/C17H26N2O/c1-3-15(14-8-5-4-6-9-14)16-10-7-11-19(16)17(20)13(2)12-18/h4-6,8-9,13,15-16H,3,7,10-12,18H2,1-2H3. The lowest BCUT2D eigenvalue weighted by atomic mass is 9.87. The van der Waals surface area contributed by atoms with E-state index in [0.717, 1.165) is 25.8 Å². The van der Waals surface area contributed by atoms with Crippen LogP contribution in [0.15, 0.2) is 30.3 Å². The summed E-state index contributed by atoms with van der Waals surface area (Å²) in [6.07, 6.45) is 3.28. The first kappa shape index (κ1) is 15.0. The number of amides is 1. The molecular weight excluding hydrogens is 248 g/mol. The molecule has 1 fully saturated rings. The Kier molecular flexibility index (Phi) is 5.18. The van der Waals surface area contributed by atoms with Crippen molar-refractivity contribution in [2.45, 2.75) is 45.1 Å². The van der Waals surface area contributed by atoms with Gasteiger partial charge in [0.15, 0.2) is 0 Å². The minimum absolute atomic E-state index is 0.0659. The average Bonchev–Trinajstić information content (AvgIpc) is 2.97. The van der Waals surface area contributed by atoms with Crippen molar-refractivity contribution < 1.29 is 4.79 Å². The second-order valence-electron chi connectivity index (χ2n) is 5.80. The fourth-order valence-electron chi connectivity index (χ4n) is 3.30. The average molecular weight is 274 g/mol. The Morgan fingerprint density at radius 1 is 1.40 bits per heavy atom. The molecule has 0 spiro atoms. The summed E-state index contributed by atoms with van der Waals surface area (Å²) in [7, 11) is 0. The van der Waals surface area contributed by atoms with Gasteiger partial charge in [-0.25, -0.2) is 0 Å². The lowest BCUT2D eigenvalue weighted by Crippen LogP contribution is -2.43. The van der Waals surface area contributed by atoms with E-state index in [2.05, 4.69) is 36.1 Å². The van der Waals surface area contributed by atoms with Gasteiger partial charge in [-0.15, -0.1) is 0 Å². The van der Waals surface area contributed by atoms with Crippen LogP contribution in [0.1, 0.15) is 44.6 Å². The van der Waals surface area contributed by atoms with E-state index in [9.17, 15) is 4.79 Å². The lowest BCUT2D eigenvalue weighted by Gasteiger charge is -2.33. The van der Waals surface area contributed by atoms with Crippen LogP contribution in [0.3, 0.4) is 0 Å². The third-order valence-corrected chi connectivity index (χ3v) is 4.49. The summed E-state index contributed by atoms with van der Waals surface area (Å²) in [5, 5.41) is 0. The second-order valence-corrected chi connectivity index (χ2v) is 5.80. The molecule has 1 aliphatic heterocycles. The largest absolute Gasteiger partial charge is 0.339 e. The molecular formula is C17H26N2O. The summed E-state index contributed by atoms with van der Waals surface area (Å²) in [5.41, 5.74) is 7.01. The number of rotatable bonds is 5. The minimum atomic E-state index is -0.0659. The van der Waals surface area contributed by atoms with E-state index in [1.807, 2.05) is 13.0 Å². The Balaban J connectivity index is 2.18. The maximum atomic E-state index is 12.5. The van der Waals surface area contributed by atoms with Crippen LogP contribution in [0.2, 0.25) is 0 Å². The van der Waals surface area contributed by atoms with Crippen molar-refractivity contribution in [3.8, 4) is 0 Å². The van der Waals surface area contributed by atoms with Crippen molar-refractivity contribution in [1.82, 2.24) is 4.90 Å². The third-order valence-electron chi connectivity index (χ3n) is 4.49. The number of carbonyl (C=O) groups is 1. The molecule has 0 bridgehead atoms. The van der Waals surface area contributed by atoms with E-state index in [1.54, 1.807) is 0 Å². The van der Waals surface area contributed by atoms with Crippen LogP contribution in [0.4, 0.5) is 0 Å². The molecule has 1 aliphatic rings. The molecule has 1 aromatic rings. The molecule has 2 rings (SSSR count). The number of hydrogen-bond donors (Lipinski definition) is 1. The highest BCUT2D eigenvalue weighted by Crippen LogP contribution is 2.34. The van der Waals surface area contributed by atoms with E-state index in [0.29, 0.717) is 18.5 Å². The van der Waals surface area contributed by atoms with E-state index < -0.39 is 0 Å². The molecule has 0 saturated carbocycles. The van der Waals surface area contributed by atoms with Crippen molar-refractivity contribution in [2.75, 3.05) is 13.1 Å². The maximum Gasteiger partial charge on any atom is 0.226 e. The van der Waals surface area contributed by atoms with Crippen LogP contribution < -0.4 is 5.73 Å². The molecule has 0 aromatic heterocycles. The second kappa shape index (κ2) is 6.89. The van der Waals surface area contributed by atoms with Gasteiger partial charge in [-0.1, -0.05) is 44.2 Å². The van der Waals surface area contributed by atoms with Gasteiger partial charge in [0.1, 0.15) is 0 Å². The zero-order valence-electron chi connectivity index (χ0n) is 12.6. The molecule has 2 N–H and O–H groups in total. The Morgan fingerprint density at radius 2 is 2.10 bits per heavy atom. The summed E-state index contributed by atoms with van der Waals surface area (Å²) in [5.74, 6) is 0.598. The molecule has 0 radical (unpaired) electrons. The molecule has 3 unspecified atom stereocenters. The van der Waals surface area contributed by atoms with Gasteiger partial charge in [0, 0.05) is 31.0 Å². The van der Waals surface area contributed by atoms with Crippen LogP contribution >= 0.6 is 0 Å². The SMILES string of the molecule is CCC(c1ccccc1)C1CCCN1C(=O)C(C)CN. The summed E-state index contributed by atoms with van der Waals surface area (Å²) < 4.78 is 0. The zero-order valence-corrected chi connectivity index (χ0v) is 12.6. The van der Waals surface area contributed by atoms with Crippen molar-refractivity contribution in [3.05, 3.63) is 35.9 Å². The van der Waals surface area contributed by atoms with Crippen LogP contribution in [0.25, 0.3) is 0 Å². The minimum Gasteiger partial charge on any atom is -0.339 e. The molecule has 1 heterocycles. The first-order valence-corrected chi connectivity index (χ1v) is 7.74. The fraction of sp³-hybridized carbons (Fsp3) is 0.588. The highest BCUT2D eigenvalue weighted by Gasteiger charge is 2.35. The molecule has 110 valence electrons. The van der Waals surface area contributed by atoms with Crippen molar-refractivity contribution in [3.63, 3.8) is 0 Å². The van der Waals surface area contributed by atoms with Crippen molar-refractivity contribution >= 4 is 5.91 Å². The van der Waals surface area contributed by atoms with Gasteiger partial charge in [0.05, 0.1) is 0 Å². The van der Waals surface area contributed by atoms with Gasteiger partial charge >= 0.3 is 0 Å². The number of hydrogen-bond acceptors (Lipinski definition) is 2. The van der Waals surface area contributed by atoms with Gasteiger partial charge in [0.2, 0.25) is 5.91 Å². The van der Waals surface area contributed by atoms with E-state index in [1.165, 1.54) is 5.56 Å². The monoisotopic (exact) mass is 274 g/mol. The predicted molar refractivity (Wildman–Crippen MR) is 82.4 cm³/mol. The number of likely N-dealkylation sites (tertiary alicyclic amines) is 1. The van der Waals surface area contributed by atoms with Gasteiger partial charge in [-0.3, -0.25) is 4.79 Å².